The van der Waals surface area contributed by atoms with Crippen LogP contribution in [0.3, 0.4) is 0 Å². The first-order valence-corrected chi connectivity index (χ1v) is 6.18. The minimum Gasteiger partial charge on any atom is -0.479 e. The van der Waals surface area contributed by atoms with Crippen molar-refractivity contribution in [3.8, 4) is 11.6 Å². The molecule has 0 radical (unpaired) electrons. The number of methoxy groups -OCH3 is 2. The van der Waals surface area contributed by atoms with Gasteiger partial charge in [-0.3, -0.25) is 0 Å². The molecule has 0 saturated carbocycles. The molecule has 7 nitrogen and oxygen atoms in total. The number of hydrogen-bond acceptors (Lipinski definition) is 6. The Balaban J connectivity index is 2.34. The SMILES string of the molecule is COC(=O)c1cnc(OC)c2nnn(-c3ccccc3)c12. The van der Waals surface area contributed by atoms with Crippen LogP contribution in [0.25, 0.3) is 16.7 Å². The molecule has 2 aromatic heterocycles. The third-order valence-corrected chi connectivity index (χ3v) is 3.04. The van der Waals surface area contributed by atoms with E-state index < -0.39 is 5.97 Å². The first kappa shape index (κ1) is 13.0. The van der Waals surface area contributed by atoms with Crippen LogP contribution >= 0.6 is 0 Å². The lowest BCUT2D eigenvalue weighted by Gasteiger charge is -2.07. The molecule has 7 heteroatoms. The Morgan fingerprint density at radius 2 is 1.95 bits per heavy atom. The normalized spacial score (nSPS) is 10.6. The summed E-state index contributed by atoms with van der Waals surface area (Å²) in [4.78, 5) is 16.0. The van der Waals surface area contributed by atoms with Gasteiger partial charge >= 0.3 is 5.97 Å². The van der Waals surface area contributed by atoms with Gasteiger partial charge in [-0.25, -0.2) is 14.5 Å². The molecule has 2 heterocycles. The third kappa shape index (κ3) is 2.08. The van der Waals surface area contributed by atoms with Gasteiger partial charge in [-0.05, 0) is 12.1 Å². The van der Waals surface area contributed by atoms with Crippen molar-refractivity contribution in [1.29, 1.82) is 0 Å². The number of rotatable bonds is 3. The van der Waals surface area contributed by atoms with Crippen molar-refractivity contribution in [1.82, 2.24) is 20.0 Å². The fourth-order valence-corrected chi connectivity index (χ4v) is 2.07. The lowest BCUT2D eigenvalue weighted by atomic mass is 10.2. The van der Waals surface area contributed by atoms with Crippen LogP contribution in [0.5, 0.6) is 5.88 Å². The molecule has 0 atom stereocenters. The molecule has 0 aliphatic carbocycles. The molecular formula is C14H12N4O3. The summed E-state index contributed by atoms with van der Waals surface area (Å²) in [6, 6.07) is 9.37. The number of carbonyl (C=O) groups is 1. The molecule has 0 unspecified atom stereocenters. The van der Waals surface area contributed by atoms with Crippen molar-refractivity contribution in [3.05, 3.63) is 42.1 Å². The van der Waals surface area contributed by atoms with E-state index in [1.54, 1.807) is 4.68 Å². The molecule has 21 heavy (non-hydrogen) atoms. The van der Waals surface area contributed by atoms with Gasteiger partial charge in [0.1, 0.15) is 11.1 Å². The zero-order chi connectivity index (χ0) is 14.8. The highest BCUT2D eigenvalue weighted by molar-refractivity contribution is 6.03. The van der Waals surface area contributed by atoms with Gasteiger partial charge in [0.15, 0.2) is 5.52 Å². The number of fused-ring (bicyclic) bond motifs is 1. The largest absolute Gasteiger partial charge is 0.479 e. The molecule has 0 bridgehead atoms. The molecule has 0 saturated heterocycles. The molecule has 3 rings (SSSR count). The number of ether oxygens (including phenoxy) is 2. The van der Waals surface area contributed by atoms with Crippen LogP contribution < -0.4 is 4.74 Å². The Bertz CT molecular complexity index is 799. The van der Waals surface area contributed by atoms with Gasteiger partial charge in [0.05, 0.1) is 19.9 Å². The number of aromatic nitrogens is 4. The standard InChI is InChI=1S/C14H12N4O3/c1-20-13-11-12(10(8-15-13)14(19)21-2)18(17-16-11)9-6-4-3-5-7-9/h3-8H,1-2H3. The summed E-state index contributed by atoms with van der Waals surface area (Å²) in [6.07, 6.45) is 1.40. The molecule has 0 fully saturated rings. The highest BCUT2D eigenvalue weighted by Crippen LogP contribution is 2.26. The number of nitrogens with zero attached hydrogens (tertiary/aromatic N) is 4. The third-order valence-electron chi connectivity index (χ3n) is 3.04. The van der Waals surface area contributed by atoms with E-state index in [9.17, 15) is 4.79 Å². The molecule has 0 amide bonds. The minimum absolute atomic E-state index is 0.280. The molecule has 3 aromatic rings. The summed E-state index contributed by atoms with van der Waals surface area (Å²) in [6.45, 7) is 0. The summed E-state index contributed by atoms with van der Waals surface area (Å²) in [5.74, 6) is -0.200. The van der Waals surface area contributed by atoms with E-state index in [0.29, 0.717) is 16.9 Å². The van der Waals surface area contributed by atoms with Gasteiger partial charge in [0.2, 0.25) is 5.88 Å². The maximum atomic E-state index is 11.9. The van der Waals surface area contributed by atoms with Crippen molar-refractivity contribution in [3.63, 3.8) is 0 Å². The van der Waals surface area contributed by atoms with Crippen LogP contribution in [-0.2, 0) is 4.74 Å². The van der Waals surface area contributed by atoms with Crippen LogP contribution in [0.15, 0.2) is 36.5 Å². The fourth-order valence-electron chi connectivity index (χ4n) is 2.07. The second-order valence-corrected chi connectivity index (χ2v) is 4.21. The van der Waals surface area contributed by atoms with Crippen LogP contribution in [0.4, 0.5) is 0 Å². The molecule has 0 spiro atoms. The van der Waals surface area contributed by atoms with Crippen molar-refractivity contribution >= 4 is 17.0 Å². The van der Waals surface area contributed by atoms with Gasteiger partial charge in [-0.15, -0.1) is 5.10 Å². The van der Waals surface area contributed by atoms with E-state index in [1.165, 1.54) is 20.4 Å². The topological polar surface area (TPSA) is 79.1 Å². The monoisotopic (exact) mass is 284 g/mol. The minimum atomic E-state index is -0.505. The number of carbonyl (C=O) groups excluding carboxylic acids is 1. The Kier molecular flexibility index (Phi) is 3.23. The number of benzene rings is 1. The quantitative estimate of drug-likeness (QED) is 0.680. The molecular weight excluding hydrogens is 272 g/mol. The Labute approximate surface area is 120 Å². The summed E-state index contributed by atoms with van der Waals surface area (Å²) in [5.41, 5.74) is 1.96. The summed E-state index contributed by atoms with van der Waals surface area (Å²) in [5, 5.41) is 8.15. The van der Waals surface area contributed by atoms with Gasteiger partial charge in [0, 0.05) is 6.20 Å². The number of esters is 1. The number of para-hydroxylation sites is 1. The molecule has 0 N–H and O–H groups in total. The second-order valence-electron chi connectivity index (χ2n) is 4.21. The van der Waals surface area contributed by atoms with E-state index in [1.807, 2.05) is 30.3 Å². The zero-order valence-electron chi connectivity index (χ0n) is 11.5. The lowest BCUT2D eigenvalue weighted by molar-refractivity contribution is 0.0602. The first-order chi connectivity index (χ1) is 10.3. The molecule has 1 aromatic carbocycles. The Hall–Kier alpha value is -2.96. The second kappa shape index (κ2) is 5.20. The van der Waals surface area contributed by atoms with Gasteiger partial charge in [0.25, 0.3) is 0 Å². The predicted molar refractivity (Wildman–Crippen MR) is 74.6 cm³/mol. The lowest BCUT2D eigenvalue weighted by Crippen LogP contribution is -2.07. The number of pyridine rings is 1. The van der Waals surface area contributed by atoms with E-state index in [2.05, 4.69) is 15.3 Å². The molecule has 0 aliphatic rings. The maximum Gasteiger partial charge on any atom is 0.341 e. The van der Waals surface area contributed by atoms with Gasteiger partial charge < -0.3 is 9.47 Å². The van der Waals surface area contributed by atoms with Crippen LogP contribution in [0.2, 0.25) is 0 Å². The average Bonchev–Trinajstić information content (AvgIpc) is 2.99. The predicted octanol–water partition coefficient (Wildman–Crippen LogP) is 1.61. The summed E-state index contributed by atoms with van der Waals surface area (Å²) in [7, 11) is 2.80. The summed E-state index contributed by atoms with van der Waals surface area (Å²) >= 11 is 0. The van der Waals surface area contributed by atoms with Gasteiger partial charge in [-0.1, -0.05) is 23.4 Å². The number of hydrogen-bond donors (Lipinski definition) is 0. The van der Waals surface area contributed by atoms with E-state index in [-0.39, 0.29) is 5.56 Å². The van der Waals surface area contributed by atoms with E-state index in [0.717, 1.165) is 5.69 Å². The van der Waals surface area contributed by atoms with E-state index in [4.69, 9.17) is 9.47 Å². The molecule has 0 aliphatic heterocycles. The zero-order valence-corrected chi connectivity index (χ0v) is 11.5. The van der Waals surface area contributed by atoms with Crippen LogP contribution in [0, 0.1) is 0 Å². The smallest absolute Gasteiger partial charge is 0.341 e. The highest BCUT2D eigenvalue weighted by Gasteiger charge is 2.21. The van der Waals surface area contributed by atoms with Gasteiger partial charge in [-0.2, -0.15) is 0 Å². The van der Waals surface area contributed by atoms with Crippen LogP contribution in [-0.4, -0.2) is 40.2 Å². The van der Waals surface area contributed by atoms with Crippen molar-refractivity contribution in [2.45, 2.75) is 0 Å². The van der Waals surface area contributed by atoms with Crippen molar-refractivity contribution in [2.24, 2.45) is 0 Å². The van der Waals surface area contributed by atoms with Crippen molar-refractivity contribution in [2.75, 3.05) is 14.2 Å². The first-order valence-electron chi connectivity index (χ1n) is 6.18. The van der Waals surface area contributed by atoms with Crippen LogP contribution in [0.1, 0.15) is 10.4 Å². The molecule has 106 valence electrons. The summed E-state index contributed by atoms with van der Waals surface area (Å²) < 4.78 is 11.5. The van der Waals surface area contributed by atoms with Crippen molar-refractivity contribution < 1.29 is 14.3 Å². The maximum absolute atomic E-state index is 11.9. The Morgan fingerprint density at radius 3 is 2.62 bits per heavy atom. The highest BCUT2D eigenvalue weighted by atomic mass is 16.5. The fraction of sp³-hybridized carbons (Fsp3) is 0.143. The Morgan fingerprint density at radius 1 is 1.19 bits per heavy atom. The average molecular weight is 284 g/mol. The van der Waals surface area contributed by atoms with E-state index >= 15 is 0 Å².